The number of unbranched alkanes of at least 4 members (excludes halogenated alkanes) is 2. The van der Waals surface area contributed by atoms with E-state index in [-0.39, 0.29) is 17.8 Å². The van der Waals surface area contributed by atoms with Crippen LogP contribution < -0.4 is 5.32 Å². The SMILES string of the molecule is CCOC(=O)CCCCCN[C@H](C)c1cccc(F)c1. The molecule has 1 atom stereocenters. The van der Waals surface area contributed by atoms with Crippen LogP contribution in [0.15, 0.2) is 24.3 Å². The van der Waals surface area contributed by atoms with E-state index in [0.717, 1.165) is 31.4 Å². The predicted molar refractivity (Wildman–Crippen MR) is 77.9 cm³/mol. The van der Waals surface area contributed by atoms with E-state index in [4.69, 9.17) is 4.74 Å². The zero-order valence-corrected chi connectivity index (χ0v) is 12.3. The van der Waals surface area contributed by atoms with Crippen LogP contribution in [0.1, 0.15) is 51.1 Å². The number of rotatable bonds is 9. The summed E-state index contributed by atoms with van der Waals surface area (Å²) in [7, 11) is 0. The summed E-state index contributed by atoms with van der Waals surface area (Å²) in [6, 6.07) is 6.78. The molecule has 0 saturated heterocycles. The van der Waals surface area contributed by atoms with Gasteiger partial charge < -0.3 is 10.1 Å². The molecule has 0 aliphatic heterocycles. The molecule has 4 heteroatoms. The molecule has 3 nitrogen and oxygen atoms in total. The van der Waals surface area contributed by atoms with Gasteiger partial charge in [0.15, 0.2) is 0 Å². The third-order valence-corrected chi connectivity index (χ3v) is 3.16. The van der Waals surface area contributed by atoms with Crippen molar-refractivity contribution in [2.75, 3.05) is 13.2 Å². The molecular weight excluding hydrogens is 257 g/mol. The van der Waals surface area contributed by atoms with Crippen molar-refractivity contribution >= 4 is 5.97 Å². The Kier molecular flexibility index (Phi) is 7.88. The summed E-state index contributed by atoms with van der Waals surface area (Å²) in [6.07, 6.45) is 3.34. The van der Waals surface area contributed by atoms with Crippen molar-refractivity contribution in [1.82, 2.24) is 5.32 Å². The van der Waals surface area contributed by atoms with E-state index in [9.17, 15) is 9.18 Å². The minimum Gasteiger partial charge on any atom is -0.466 e. The number of ether oxygens (including phenoxy) is 1. The van der Waals surface area contributed by atoms with Gasteiger partial charge in [0.2, 0.25) is 0 Å². The Morgan fingerprint density at radius 1 is 1.35 bits per heavy atom. The maximum atomic E-state index is 13.1. The van der Waals surface area contributed by atoms with Crippen LogP contribution in [0.2, 0.25) is 0 Å². The third-order valence-electron chi connectivity index (χ3n) is 3.16. The second-order valence-corrected chi connectivity index (χ2v) is 4.85. The number of hydrogen-bond acceptors (Lipinski definition) is 3. The molecule has 0 saturated carbocycles. The van der Waals surface area contributed by atoms with Gasteiger partial charge in [-0.2, -0.15) is 0 Å². The smallest absolute Gasteiger partial charge is 0.305 e. The van der Waals surface area contributed by atoms with E-state index in [1.165, 1.54) is 6.07 Å². The van der Waals surface area contributed by atoms with Gasteiger partial charge >= 0.3 is 5.97 Å². The zero-order valence-electron chi connectivity index (χ0n) is 12.3. The van der Waals surface area contributed by atoms with Gasteiger partial charge in [-0.05, 0) is 50.9 Å². The standard InChI is InChI=1S/C16H24FNO2/c1-3-20-16(19)10-5-4-6-11-18-13(2)14-8-7-9-15(17)12-14/h7-9,12-13,18H,3-6,10-11H2,1-2H3/t13-/m1/s1. The molecular formula is C16H24FNO2. The Bertz CT molecular complexity index is 409. The molecule has 0 bridgehead atoms. The van der Waals surface area contributed by atoms with E-state index in [2.05, 4.69) is 5.32 Å². The Balaban J connectivity index is 2.11. The molecule has 1 aromatic carbocycles. The zero-order chi connectivity index (χ0) is 14.8. The van der Waals surface area contributed by atoms with Crippen molar-refractivity contribution in [2.24, 2.45) is 0 Å². The number of carbonyl (C=O) groups excluding carboxylic acids is 1. The molecule has 0 heterocycles. The highest BCUT2D eigenvalue weighted by Crippen LogP contribution is 2.13. The Labute approximate surface area is 120 Å². The first-order chi connectivity index (χ1) is 9.63. The van der Waals surface area contributed by atoms with Crippen LogP contribution >= 0.6 is 0 Å². The normalized spacial score (nSPS) is 12.2. The number of benzene rings is 1. The molecule has 0 aliphatic carbocycles. The predicted octanol–water partition coefficient (Wildman–Crippen LogP) is 3.60. The van der Waals surface area contributed by atoms with Gasteiger partial charge in [0.25, 0.3) is 0 Å². The highest BCUT2D eigenvalue weighted by Gasteiger charge is 2.05. The van der Waals surface area contributed by atoms with Gasteiger partial charge in [0, 0.05) is 12.5 Å². The van der Waals surface area contributed by atoms with Gasteiger partial charge in [0.05, 0.1) is 6.61 Å². The van der Waals surface area contributed by atoms with E-state index in [1.807, 2.05) is 19.9 Å². The fraction of sp³-hybridized carbons (Fsp3) is 0.562. The molecule has 0 spiro atoms. The maximum Gasteiger partial charge on any atom is 0.305 e. The van der Waals surface area contributed by atoms with Crippen molar-refractivity contribution in [3.05, 3.63) is 35.6 Å². The van der Waals surface area contributed by atoms with Crippen molar-refractivity contribution in [3.8, 4) is 0 Å². The lowest BCUT2D eigenvalue weighted by Gasteiger charge is -2.14. The van der Waals surface area contributed by atoms with Gasteiger partial charge in [0.1, 0.15) is 5.82 Å². The van der Waals surface area contributed by atoms with Gasteiger partial charge in [-0.3, -0.25) is 4.79 Å². The summed E-state index contributed by atoms with van der Waals surface area (Å²) >= 11 is 0. The number of carbonyl (C=O) groups is 1. The van der Waals surface area contributed by atoms with Crippen molar-refractivity contribution in [3.63, 3.8) is 0 Å². The summed E-state index contributed by atoms with van der Waals surface area (Å²) in [5.74, 6) is -0.320. The van der Waals surface area contributed by atoms with Crippen molar-refractivity contribution < 1.29 is 13.9 Å². The van der Waals surface area contributed by atoms with Gasteiger partial charge in [-0.1, -0.05) is 18.6 Å². The third kappa shape index (κ3) is 6.66. The molecule has 0 aliphatic rings. The molecule has 20 heavy (non-hydrogen) atoms. The van der Waals surface area contributed by atoms with Crippen molar-refractivity contribution in [2.45, 2.75) is 45.6 Å². The molecule has 0 amide bonds. The topological polar surface area (TPSA) is 38.3 Å². The second kappa shape index (κ2) is 9.48. The largest absolute Gasteiger partial charge is 0.466 e. The van der Waals surface area contributed by atoms with Crippen molar-refractivity contribution in [1.29, 1.82) is 0 Å². The molecule has 1 rings (SSSR count). The van der Waals surface area contributed by atoms with E-state index >= 15 is 0 Å². The minimum absolute atomic E-state index is 0.117. The Morgan fingerprint density at radius 2 is 2.15 bits per heavy atom. The summed E-state index contributed by atoms with van der Waals surface area (Å²) in [5.41, 5.74) is 0.955. The first kappa shape index (κ1) is 16.6. The summed E-state index contributed by atoms with van der Waals surface area (Å²) in [6.45, 7) is 5.15. The summed E-state index contributed by atoms with van der Waals surface area (Å²) in [4.78, 5) is 11.1. The maximum absolute atomic E-state index is 13.1. The van der Waals surface area contributed by atoms with Crippen LogP contribution in [0.3, 0.4) is 0 Å². The number of esters is 1. The molecule has 1 aromatic rings. The lowest BCUT2D eigenvalue weighted by Crippen LogP contribution is -2.20. The van der Waals surface area contributed by atoms with Gasteiger partial charge in [-0.15, -0.1) is 0 Å². The van der Waals surface area contributed by atoms with Crippen LogP contribution in [0.25, 0.3) is 0 Å². The first-order valence-corrected chi connectivity index (χ1v) is 7.28. The number of hydrogen-bond donors (Lipinski definition) is 1. The minimum atomic E-state index is -0.203. The van der Waals surface area contributed by atoms with Gasteiger partial charge in [-0.25, -0.2) is 4.39 Å². The molecule has 112 valence electrons. The van der Waals surface area contributed by atoms with Crippen LogP contribution in [0.5, 0.6) is 0 Å². The number of halogens is 1. The average molecular weight is 281 g/mol. The van der Waals surface area contributed by atoms with Crippen LogP contribution in [0, 0.1) is 5.82 Å². The fourth-order valence-corrected chi connectivity index (χ4v) is 2.02. The lowest BCUT2D eigenvalue weighted by molar-refractivity contribution is -0.143. The van der Waals surface area contributed by atoms with E-state index in [1.54, 1.807) is 12.1 Å². The monoisotopic (exact) mass is 281 g/mol. The first-order valence-electron chi connectivity index (χ1n) is 7.28. The molecule has 0 fully saturated rings. The quantitative estimate of drug-likeness (QED) is 0.555. The summed E-state index contributed by atoms with van der Waals surface area (Å²) in [5, 5.41) is 3.36. The molecule has 0 unspecified atom stereocenters. The van der Waals surface area contributed by atoms with Crippen LogP contribution in [-0.2, 0) is 9.53 Å². The number of nitrogens with one attached hydrogen (secondary N) is 1. The van der Waals surface area contributed by atoms with E-state index < -0.39 is 0 Å². The lowest BCUT2D eigenvalue weighted by atomic mass is 10.1. The van der Waals surface area contributed by atoms with E-state index in [0.29, 0.717) is 13.0 Å². The highest BCUT2D eigenvalue weighted by atomic mass is 19.1. The molecule has 0 aromatic heterocycles. The fourth-order valence-electron chi connectivity index (χ4n) is 2.02. The average Bonchev–Trinajstić information content (AvgIpc) is 2.42. The van der Waals surface area contributed by atoms with Crippen LogP contribution in [-0.4, -0.2) is 19.1 Å². The molecule has 0 radical (unpaired) electrons. The highest BCUT2D eigenvalue weighted by molar-refractivity contribution is 5.69. The summed E-state index contributed by atoms with van der Waals surface area (Å²) < 4.78 is 17.9. The van der Waals surface area contributed by atoms with Crippen LogP contribution in [0.4, 0.5) is 4.39 Å². The molecule has 1 N–H and O–H groups in total. The Hall–Kier alpha value is -1.42. The second-order valence-electron chi connectivity index (χ2n) is 4.85. The Morgan fingerprint density at radius 3 is 2.85 bits per heavy atom.